The highest BCUT2D eigenvalue weighted by molar-refractivity contribution is 7.98. The summed E-state index contributed by atoms with van der Waals surface area (Å²) in [6, 6.07) is 7.86. The number of aromatic amines is 1. The van der Waals surface area contributed by atoms with E-state index in [1.165, 1.54) is 11.8 Å². The summed E-state index contributed by atoms with van der Waals surface area (Å²) >= 11 is 1.49. The van der Waals surface area contributed by atoms with Gasteiger partial charge in [0.25, 0.3) is 17.3 Å². The Kier molecular flexibility index (Phi) is 11.6. The minimum absolute atomic E-state index is 0.0975. The number of carbonyl (C=O) groups excluding carboxylic acids is 1. The van der Waals surface area contributed by atoms with Gasteiger partial charge in [0.15, 0.2) is 11.5 Å². The van der Waals surface area contributed by atoms with Crippen molar-refractivity contribution in [1.29, 1.82) is 0 Å². The first-order valence-electron chi connectivity index (χ1n) is 18.3. The van der Waals surface area contributed by atoms with Crippen molar-refractivity contribution in [2.75, 3.05) is 57.1 Å². The first kappa shape index (κ1) is 37.2. The number of aromatic nitrogens is 2. The van der Waals surface area contributed by atoms with Gasteiger partial charge in [-0.1, -0.05) is 6.92 Å². The molecule has 2 aromatic heterocycles. The van der Waals surface area contributed by atoms with Crippen molar-refractivity contribution in [2.24, 2.45) is 5.92 Å². The third kappa shape index (κ3) is 8.24. The predicted octanol–water partition coefficient (Wildman–Crippen LogP) is 5.95. The van der Waals surface area contributed by atoms with E-state index in [0.29, 0.717) is 28.2 Å². The molecular formula is C39H53N5O6S. The number of piperidine rings is 1. The Morgan fingerprint density at radius 2 is 1.82 bits per heavy atom. The molecule has 3 atom stereocenters. The minimum Gasteiger partial charge on any atom is -0.448 e. The van der Waals surface area contributed by atoms with Crippen molar-refractivity contribution in [3.05, 3.63) is 63.2 Å². The first-order valence-corrected chi connectivity index (χ1v) is 19.5. The van der Waals surface area contributed by atoms with Gasteiger partial charge in [0.05, 0.1) is 18.8 Å². The molecule has 11 nitrogen and oxygen atoms in total. The van der Waals surface area contributed by atoms with Gasteiger partial charge >= 0.3 is 0 Å². The Morgan fingerprint density at radius 3 is 2.49 bits per heavy atom. The lowest BCUT2D eigenvalue weighted by Gasteiger charge is -2.38. The van der Waals surface area contributed by atoms with Crippen LogP contribution in [0.4, 0.5) is 5.82 Å². The molecule has 1 aromatic carbocycles. The second-order valence-corrected chi connectivity index (χ2v) is 15.1. The Morgan fingerprint density at radius 1 is 1.10 bits per heavy atom. The summed E-state index contributed by atoms with van der Waals surface area (Å²) in [6.07, 6.45) is 6.88. The average Bonchev–Trinajstić information content (AvgIpc) is 3.48. The maximum atomic E-state index is 14.0. The highest BCUT2D eigenvalue weighted by Gasteiger charge is 2.47. The number of ether oxygens (including phenoxy) is 4. The summed E-state index contributed by atoms with van der Waals surface area (Å²) in [5.74, 6) is 1.06. The summed E-state index contributed by atoms with van der Waals surface area (Å²) in [5.41, 5.74) is 3.85. The summed E-state index contributed by atoms with van der Waals surface area (Å²) in [6.45, 7) is 18.0. The smallest absolute Gasteiger partial charge is 0.254 e. The number of likely N-dealkylation sites (tertiary alicyclic amines) is 1. The van der Waals surface area contributed by atoms with Crippen molar-refractivity contribution < 1.29 is 23.7 Å². The molecule has 5 heterocycles. The van der Waals surface area contributed by atoms with E-state index in [9.17, 15) is 9.59 Å². The molecule has 0 aliphatic carbocycles. The van der Waals surface area contributed by atoms with Gasteiger partial charge in [-0.25, -0.2) is 4.98 Å². The molecule has 2 fully saturated rings. The van der Waals surface area contributed by atoms with Crippen molar-refractivity contribution in [1.82, 2.24) is 20.2 Å². The quantitative estimate of drug-likeness (QED) is 0.172. The lowest BCUT2D eigenvalue weighted by atomic mass is 9.89. The van der Waals surface area contributed by atoms with Crippen LogP contribution in [-0.2, 0) is 16.0 Å². The molecule has 1 unspecified atom stereocenters. The normalized spacial score (nSPS) is 22.4. The molecule has 0 saturated carbocycles. The molecule has 2 N–H and O–H groups in total. The third-order valence-electron chi connectivity index (χ3n) is 10.2. The van der Waals surface area contributed by atoms with E-state index in [-0.39, 0.29) is 36.1 Å². The molecule has 3 aliphatic heterocycles. The zero-order valence-corrected chi connectivity index (χ0v) is 31.9. The lowest BCUT2D eigenvalue weighted by Crippen LogP contribution is -2.49. The standard InChI is InChI=1S/C39H53N5O6S/c1-8-16-47-17-15-43-13-11-29(12-14-43)39(6)49-35-27(5)30(37(45)41-21-32-33(51-7)18-24(2)42-38(32)46)19-31(36(35)50-39)28-9-10-34(40-20-28)44-22-25(3)48-26(4)23-44/h9-10,18-20,25-26,29H,8,11-17,21-23H2,1-7H3,(H,41,45)(H,42,46)/t25-,26+,39?. The maximum Gasteiger partial charge on any atom is 0.254 e. The topological polar surface area (TPSA) is 118 Å². The van der Waals surface area contributed by atoms with Crippen LogP contribution in [0.2, 0.25) is 0 Å². The molecule has 6 rings (SSSR count). The van der Waals surface area contributed by atoms with Gasteiger partial charge in [-0.3, -0.25) is 9.59 Å². The fourth-order valence-corrected chi connectivity index (χ4v) is 8.22. The molecule has 3 aliphatic rings. The number of morpholine rings is 1. The Hall–Kier alpha value is -3.58. The molecule has 0 spiro atoms. The molecule has 0 radical (unpaired) electrons. The maximum absolute atomic E-state index is 14.0. The van der Waals surface area contributed by atoms with Crippen LogP contribution < -0.4 is 25.2 Å². The van der Waals surface area contributed by atoms with Crippen LogP contribution in [0.5, 0.6) is 11.5 Å². The molecule has 12 heteroatoms. The zero-order valence-electron chi connectivity index (χ0n) is 31.1. The molecule has 51 heavy (non-hydrogen) atoms. The number of aryl methyl sites for hydroxylation is 1. The fourth-order valence-electron chi connectivity index (χ4n) is 7.52. The number of amides is 1. The largest absolute Gasteiger partial charge is 0.448 e. The van der Waals surface area contributed by atoms with Crippen molar-refractivity contribution in [2.45, 2.75) is 90.2 Å². The van der Waals surface area contributed by atoms with Crippen molar-refractivity contribution >= 4 is 23.5 Å². The van der Waals surface area contributed by atoms with E-state index in [2.05, 4.69) is 40.9 Å². The van der Waals surface area contributed by atoms with E-state index in [0.717, 1.165) is 92.7 Å². The predicted molar refractivity (Wildman–Crippen MR) is 201 cm³/mol. The lowest BCUT2D eigenvalue weighted by molar-refractivity contribution is -0.125. The molecule has 276 valence electrons. The number of fused-ring (bicyclic) bond motifs is 1. The van der Waals surface area contributed by atoms with Gasteiger partial charge in [-0.15, -0.1) is 11.8 Å². The van der Waals surface area contributed by atoms with Crippen LogP contribution in [0.1, 0.15) is 74.1 Å². The number of benzene rings is 1. The SMILES string of the molecule is CCCOCCN1CCC(C2(C)Oc3c(-c4ccc(N5C[C@@H](C)O[C@@H](C)C5)nc4)cc(C(=O)NCc4c(SC)cc(C)[nH]c4=O)c(C)c3O2)CC1. The fraction of sp³-hybridized carbons (Fsp3) is 0.564. The summed E-state index contributed by atoms with van der Waals surface area (Å²) in [5, 5.41) is 3.02. The van der Waals surface area contributed by atoms with Gasteiger partial charge in [-0.05, 0) is 90.6 Å². The summed E-state index contributed by atoms with van der Waals surface area (Å²) < 4.78 is 25.3. The summed E-state index contributed by atoms with van der Waals surface area (Å²) in [4.78, 5) is 40.1. The number of thioether (sulfide) groups is 1. The van der Waals surface area contributed by atoms with Crippen LogP contribution in [0.15, 0.2) is 40.2 Å². The van der Waals surface area contributed by atoms with E-state index < -0.39 is 5.79 Å². The summed E-state index contributed by atoms with van der Waals surface area (Å²) in [7, 11) is 0. The van der Waals surface area contributed by atoms with Crippen molar-refractivity contribution in [3.8, 4) is 22.6 Å². The number of carbonyl (C=O) groups is 1. The van der Waals surface area contributed by atoms with Gasteiger partial charge in [-0.2, -0.15) is 0 Å². The molecule has 2 saturated heterocycles. The first-order chi connectivity index (χ1) is 24.5. The number of nitrogens with zero attached hydrogens (tertiary/aromatic N) is 3. The number of pyridine rings is 2. The number of rotatable bonds is 12. The van der Waals surface area contributed by atoms with Crippen LogP contribution in [-0.4, -0.2) is 91.0 Å². The number of H-pyrrole nitrogens is 1. The molecule has 1 amide bonds. The van der Waals surface area contributed by atoms with Crippen LogP contribution >= 0.6 is 11.8 Å². The van der Waals surface area contributed by atoms with Crippen LogP contribution in [0.3, 0.4) is 0 Å². The van der Waals surface area contributed by atoms with Crippen LogP contribution in [0, 0.1) is 19.8 Å². The second-order valence-electron chi connectivity index (χ2n) is 14.3. The molecule has 0 bridgehead atoms. The number of hydrogen-bond donors (Lipinski definition) is 2. The van der Waals surface area contributed by atoms with Gasteiger partial charge in [0.1, 0.15) is 5.82 Å². The minimum atomic E-state index is -0.891. The van der Waals surface area contributed by atoms with Gasteiger partial charge in [0.2, 0.25) is 0 Å². The number of hydrogen-bond acceptors (Lipinski definition) is 10. The number of anilines is 1. The van der Waals surface area contributed by atoms with E-state index in [1.54, 1.807) is 0 Å². The van der Waals surface area contributed by atoms with E-state index in [1.807, 2.05) is 57.5 Å². The highest BCUT2D eigenvalue weighted by atomic mass is 32.2. The van der Waals surface area contributed by atoms with E-state index >= 15 is 0 Å². The third-order valence-corrected chi connectivity index (χ3v) is 11.0. The number of nitrogens with one attached hydrogen (secondary N) is 2. The second kappa shape index (κ2) is 16.0. The average molecular weight is 720 g/mol. The Labute approximate surface area is 305 Å². The monoisotopic (exact) mass is 719 g/mol. The Balaban J connectivity index is 1.28. The Bertz CT molecular complexity index is 1750. The molecular weight excluding hydrogens is 667 g/mol. The van der Waals surface area contributed by atoms with Crippen molar-refractivity contribution in [3.63, 3.8) is 0 Å². The van der Waals surface area contributed by atoms with Gasteiger partial charge < -0.3 is 39.0 Å². The highest BCUT2D eigenvalue weighted by Crippen LogP contribution is 2.52. The molecule has 3 aromatic rings. The van der Waals surface area contributed by atoms with E-state index in [4.69, 9.17) is 23.9 Å². The van der Waals surface area contributed by atoms with Crippen LogP contribution in [0.25, 0.3) is 11.1 Å². The zero-order chi connectivity index (χ0) is 36.3. The van der Waals surface area contributed by atoms with Gasteiger partial charge in [0, 0.05) is 90.2 Å².